The number of hydrogen-bond acceptors (Lipinski definition) is 7. The molecule has 0 radical (unpaired) electrons. The Morgan fingerprint density at radius 2 is 1.72 bits per heavy atom. The standard InChI is InChI=1S/C22H25N5O5/c1-5-32-16-8-6-15(7-9-16)23-20(28)13-27-14(2)21(25-26-27)22(29)24-18-12-17(30-3)10-11-19(18)31-4/h6-12H,5,13H2,1-4H3,(H,23,28)(H,24,29). The number of benzene rings is 2. The first kappa shape index (κ1) is 22.6. The van der Waals surface area contributed by atoms with Crippen molar-refractivity contribution in [2.24, 2.45) is 0 Å². The molecular formula is C22H25N5O5. The van der Waals surface area contributed by atoms with Crippen LogP contribution in [-0.2, 0) is 11.3 Å². The molecule has 10 nitrogen and oxygen atoms in total. The molecule has 0 unspecified atom stereocenters. The number of hydrogen-bond donors (Lipinski definition) is 2. The molecule has 1 aromatic heterocycles. The molecule has 2 amide bonds. The Morgan fingerprint density at radius 1 is 1.00 bits per heavy atom. The van der Waals surface area contributed by atoms with Crippen molar-refractivity contribution in [3.8, 4) is 17.2 Å². The highest BCUT2D eigenvalue weighted by Gasteiger charge is 2.19. The lowest BCUT2D eigenvalue weighted by atomic mass is 10.2. The van der Waals surface area contributed by atoms with Crippen LogP contribution >= 0.6 is 0 Å². The number of ether oxygens (including phenoxy) is 3. The normalized spacial score (nSPS) is 10.4. The second-order valence-corrected chi connectivity index (χ2v) is 6.71. The van der Waals surface area contributed by atoms with Crippen LogP contribution in [0, 0.1) is 6.92 Å². The van der Waals surface area contributed by atoms with Crippen molar-refractivity contribution in [1.82, 2.24) is 15.0 Å². The van der Waals surface area contributed by atoms with E-state index in [-0.39, 0.29) is 18.1 Å². The highest BCUT2D eigenvalue weighted by atomic mass is 16.5. The van der Waals surface area contributed by atoms with Crippen LogP contribution in [0.2, 0.25) is 0 Å². The zero-order valence-electron chi connectivity index (χ0n) is 18.3. The fraction of sp³-hybridized carbons (Fsp3) is 0.273. The molecule has 0 spiro atoms. The molecule has 10 heteroatoms. The molecule has 3 rings (SSSR count). The van der Waals surface area contributed by atoms with Crippen LogP contribution in [0.15, 0.2) is 42.5 Å². The largest absolute Gasteiger partial charge is 0.497 e. The molecule has 1 heterocycles. The second kappa shape index (κ2) is 10.3. The number of rotatable bonds is 9. The fourth-order valence-electron chi connectivity index (χ4n) is 2.95. The number of anilines is 2. The first-order valence-corrected chi connectivity index (χ1v) is 9.91. The van der Waals surface area contributed by atoms with Gasteiger partial charge in [0, 0.05) is 11.8 Å². The van der Waals surface area contributed by atoms with Gasteiger partial charge in [0.05, 0.1) is 32.2 Å². The van der Waals surface area contributed by atoms with E-state index in [9.17, 15) is 9.59 Å². The van der Waals surface area contributed by atoms with Crippen LogP contribution in [0.3, 0.4) is 0 Å². The van der Waals surface area contributed by atoms with E-state index >= 15 is 0 Å². The zero-order chi connectivity index (χ0) is 23.1. The van der Waals surface area contributed by atoms with E-state index in [4.69, 9.17) is 14.2 Å². The van der Waals surface area contributed by atoms with Gasteiger partial charge in [-0.2, -0.15) is 0 Å². The van der Waals surface area contributed by atoms with Crippen LogP contribution < -0.4 is 24.8 Å². The van der Waals surface area contributed by atoms with Gasteiger partial charge in [0.25, 0.3) is 5.91 Å². The average Bonchev–Trinajstić information content (AvgIpc) is 3.15. The topological polar surface area (TPSA) is 117 Å². The Labute approximate surface area is 185 Å². The van der Waals surface area contributed by atoms with Gasteiger partial charge in [0.1, 0.15) is 23.8 Å². The van der Waals surface area contributed by atoms with Gasteiger partial charge in [-0.1, -0.05) is 5.21 Å². The maximum Gasteiger partial charge on any atom is 0.278 e. The number of nitrogens with one attached hydrogen (secondary N) is 2. The average molecular weight is 439 g/mol. The third-order valence-corrected chi connectivity index (χ3v) is 4.59. The first-order valence-electron chi connectivity index (χ1n) is 9.91. The Balaban J connectivity index is 1.67. The molecule has 2 N–H and O–H groups in total. The summed E-state index contributed by atoms with van der Waals surface area (Å²) in [7, 11) is 3.03. The van der Waals surface area contributed by atoms with Gasteiger partial charge in [-0.15, -0.1) is 5.10 Å². The number of carbonyl (C=O) groups is 2. The molecule has 32 heavy (non-hydrogen) atoms. The van der Waals surface area contributed by atoms with Crippen molar-refractivity contribution in [2.75, 3.05) is 31.5 Å². The summed E-state index contributed by atoms with van der Waals surface area (Å²) in [6, 6.07) is 12.1. The second-order valence-electron chi connectivity index (χ2n) is 6.71. The van der Waals surface area contributed by atoms with Crippen molar-refractivity contribution in [1.29, 1.82) is 0 Å². The predicted molar refractivity (Wildman–Crippen MR) is 118 cm³/mol. The van der Waals surface area contributed by atoms with Gasteiger partial charge in [-0.25, -0.2) is 4.68 Å². The van der Waals surface area contributed by atoms with E-state index in [2.05, 4.69) is 20.9 Å². The third-order valence-electron chi connectivity index (χ3n) is 4.59. The highest BCUT2D eigenvalue weighted by Crippen LogP contribution is 2.29. The summed E-state index contributed by atoms with van der Waals surface area (Å²) in [6.07, 6.45) is 0. The number of aromatic nitrogens is 3. The summed E-state index contributed by atoms with van der Waals surface area (Å²) in [6.45, 7) is 4.04. The Kier molecular flexibility index (Phi) is 7.27. The predicted octanol–water partition coefficient (Wildman–Crippen LogP) is 2.89. The molecule has 0 atom stereocenters. The minimum atomic E-state index is -0.479. The van der Waals surface area contributed by atoms with Crippen LogP contribution in [0.1, 0.15) is 23.1 Å². The van der Waals surface area contributed by atoms with E-state index < -0.39 is 5.91 Å². The molecule has 0 saturated carbocycles. The van der Waals surface area contributed by atoms with Crippen LogP contribution in [0.4, 0.5) is 11.4 Å². The van der Waals surface area contributed by atoms with Gasteiger partial charge in [0.2, 0.25) is 5.91 Å². The van der Waals surface area contributed by atoms with E-state index in [1.807, 2.05) is 6.92 Å². The summed E-state index contributed by atoms with van der Waals surface area (Å²) >= 11 is 0. The smallest absolute Gasteiger partial charge is 0.278 e. The summed E-state index contributed by atoms with van der Waals surface area (Å²) in [5, 5.41) is 13.4. The van der Waals surface area contributed by atoms with Gasteiger partial charge < -0.3 is 24.8 Å². The number of methoxy groups -OCH3 is 2. The maximum absolute atomic E-state index is 12.7. The van der Waals surface area contributed by atoms with Crippen LogP contribution in [0.5, 0.6) is 17.2 Å². The molecular weight excluding hydrogens is 414 g/mol. The van der Waals surface area contributed by atoms with Crippen molar-refractivity contribution in [3.05, 3.63) is 53.9 Å². The first-order chi connectivity index (χ1) is 15.4. The number of amides is 2. The zero-order valence-corrected chi connectivity index (χ0v) is 18.3. The molecule has 0 bridgehead atoms. The molecule has 0 aliphatic carbocycles. The minimum absolute atomic E-state index is 0.0954. The molecule has 2 aromatic carbocycles. The minimum Gasteiger partial charge on any atom is -0.497 e. The number of nitrogens with zero attached hydrogens (tertiary/aromatic N) is 3. The van der Waals surface area contributed by atoms with Crippen LogP contribution in [-0.4, -0.2) is 47.6 Å². The van der Waals surface area contributed by atoms with Gasteiger partial charge in [-0.05, 0) is 50.2 Å². The molecule has 0 aliphatic heterocycles. The fourth-order valence-corrected chi connectivity index (χ4v) is 2.95. The quantitative estimate of drug-likeness (QED) is 0.526. The van der Waals surface area contributed by atoms with E-state index in [1.54, 1.807) is 49.4 Å². The van der Waals surface area contributed by atoms with Crippen molar-refractivity contribution < 1.29 is 23.8 Å². The van der Waals surface area contributed by atoms with Crippen molar-refractivity contribution in [3.63, 3.8) is 0 Å². The summed E-state index contributed by atoms with van der Waals surface area (Å²) in [4.78, 5) is 25.1. The summed E-state index contributed by atoms with van der Waals surface area (Å²) in [5.74, 6) is 0.975. The van der Waals surface area contributed by atoms with E-state index in [0.717, 1.165) is 5.75 Å². The van der Waals surface area contributed by atoms with Crippen molar-refractivity contribution in [2.45, 2.75) is 20.4 Å². The number of carbonyl (C=O) groups excluding carboxylic acids is 2. The molecule has 168 valence electrons. The lowest BCUT2D eigenvalue weighted by Gasteiger charge is -2.11. The lowest BCUT2D eigenvalue weighted by molar-refractivity contribution is -0.117. The maximum atomic E-state index is 12.7. The van der Waals surface area contributed by atoms with Gasteiger partial charge >= 0.3 is 0 Å². The monoisotopic (exact) mass is 439 g/mol. The van der Waals surface area contributed by atoms with Gasteiger partial charge in [0.15, 0.2) is 5.69 Å². The Morgan fingerprint density at radius 3 is 2.38 bits per heavy atom. The van der Waals surface area contributed by atoms with Crippen LogP contribution in [0.25, 0.3) is 0 Å². The molecule has 0 saturated heterocycles. The van der Waals surface area contributed by atoms with Gasteiger partial charge in [-0.3, -0.25) is 9.59 Å². The SMILES string of the molecule is CCOc1ccc(NC(=O)Cn2nnc(C(=O)Nc3cc(OC)ccc3OC)c2C)cc1. The lowest BCUT2D eigenvalue weighted by Crippen LogP contribution is -2.21. The highest BCUT2D eigenvalue weighted by molar-refractivity contribution is 6.04. The third kappa shape index (κ3) is 5.34. The summed E-state index contributed by atoms with van der Waals surface area (Å²) in [5.41, 5.74) is 1.60. The van der Waals surface area contributed by atoms with E-state index in [1.165, 1.54) is 18.9 Å². The summed E-state index contributed by atoms with van der Waals surface area (Å²) < 4.78 is 17.2. The molecule has 3 aromatic rings. The molecule has 0 aliphatic rings. The Bertz CT molecular complexity index is 1090. The van der Waals surface area contributed by atoms with Crippen molar-refractivity contribution >= 4 is 23.2 Å². The molecule has 0 fully saturated rings. The Hall–Kier alpha value is -4.08. The van der Waals surface area contributed by atoms with E-state index in [0.29, 0.717) is 35.2 Å².